The molecule has 1 aliphatic heterocycles. The number of amides is 2. The molecule has 0 aliphatic carbocycles. The number of rotatable bonds is 9. The van der Waals surface area contributed by atoms with Crippen molar-refractivity contribution in [2.24, 2.45) is 5.92 Å². The van der Waals surface area contributed by atoms with Gasteiger partial charge < -0.3 is 19.7 Å². The van der Waals surface area contributed by atoms with E-state index < -0.39 is 23.4 Å². The first kappa shape index (κ1) is 23.1. The van der Waals surface area contributed by atoms with Crippen molar-refractivity contribution in [3.05, 3.63) is 52.6 Å². The summed E-state index contributed by atoms with van der Waals surface area (Å²) in [6.07, 6.45) is 1.61. The third-order valence-corrected chi connectivity index (χ3v) is 5.71. The first-order chi connectivity index (χ1) is 16.4. The molecule has 3 heterocycles. The number of aliphatic hydroxyl groups excluding tert-OH is 1. The first-order valence-electron chi connectivity index (χ1n) is 10.8. The molecule has 2 aromatic heterocycles. The number of hydrogen-bond acceptors (Lipinski definition) is 8. The molecule has 12 heteroatoms. The first-order valence-corrected chi connectivity index (χ1v) is 10.8. The Kier molecular flexibility index (Phi) is 6.68. The SMILES string of the molecule is CC(=O)OCCN1C(=O)C(Cn2c(NC(=O)c3ccccc3)nc3nc[nH]c3c2=O)C1CCO. The van der Waals surface area contributed by atoms with E-state index in [1.54, 1.807) is 30.3 Å². The average Bonchev–Trinajstić information content (AvgIpc) is 3.30. The Hall–Kier alpha value is -4.06. The Morgan fingerprint density at radius 2 is 2.00 bits per heavy atom. The van der Waals surface area contributed by atoms with Gasteiger partial charge in [0.15, 0.2) is 11.2 Å². The summed E-state index contributed by atoms with van der Waals surface area (Å²) < 4.78 is 6.15. The minimum Gasteiger partial charge on any atom is -0.464 e. The van der Waals surface area contributed by atoms with Gasteiger partial charge in [0.1, 0.15) is 6.61 Å². The molecule has 12 nitrogen and oxygen atoms in total. The molecular weight excluding hydrogens is 444 g/mol. The van der Waals surface area contributed by atoms with Gasteiger partial charge in [-0.15, -0.1) is 0 Å². The van der Waals surface area contributed by atoms with Crippen LogP contribution in [0.1, 0.15) is 23.7 Å². The molecule has 2 amide bonds. The number of nitrogens with one attached hydrogen (secondary N) is 2. The molecule has 178 valence electrons. The molecule has 1 aliphatic rings. The number of carbonyl (C=O) groups is 3. The Balaban J connectivity index is 1.61. The van der Waals surface area contributed by atoms with Gasteiger partial charge in [0.2, 0.25) is 11.9 Å². The van der Waals surface area contributed by atoms with E-state index in [1.807, 2.05) is 0 Å². The van der Waals surface area contributed by atoms with E-state index in [9.17, 15) is 24.3 Å². The number of imidazole rings is 1. The molecule has 4 rings (SSSR count). The van der Waals surface area contributed by atoms with Crippen molar-refractivity contribution in [2.75, 3.05) is 25.1 Å². The number of anilines is 1. The minimum atomic E-state index is -0.628. The fourth-order valence-corrected chi connectivity index (χ4v) is 4.07. The van der Waals surface area contributed by atoms with Crippen LogP contribution in [0, 0.1) is 5.92 Å². The highest BCUT2D eigenvalue weighted by Crippen LogP contribution is 2.31. The van der Waals surface area contributed by atoms with Crippen molar-refractivity contribution in [2.45, 2.75) is 25.9 Å². The summed E-state index contributed by atoms with van der Waals surface area (Å²) in [6.45, 7) is 1.28. The maximum atomic E-state index is 13.2. The zero-order valence-corrected chi connectivity index (χ0v) is 18.4. The molecule has 3 aromatic rings. The Morgan fingerprint density at radius 3 is 2.71 bits per heavy atom. The molecule has 0 bridgehead atoms. The van der Waals surface area contributed by atoms with Gasteiger partial charge in [0.05, 0.1) is 18.8 Å². The van der Waals surface area contributed by atoms with E-state index in [1.165, 1.54) is 22.7 Å². The summed E-state index contributed by atoms with van der Waals surface area (Å²) >= 11 is 0. The fraction of sp³-hybridized carbons (Fsp3) is 0.364. The van der Waals surface area contributed by atoms with E-state index in [4.69, 9.17) is 4.74 Å². The van der Waals surface area contributed by atoms with E-state index in [0.717, 1.165) is 0 Å². The van der Waals surface area contributed by atoms with Gasteiger partial charge in [-0.3, -0.25) is 29.1 Å². The van der Waals surface area contributed by atoms with Crippen molar-refractivity contribution < 1.29 is 24.2 Å². The summed E-state index contributed by atoms with van der Waals surface area (Å²) in [5.41, 5.74) is 0.175. The molecule has 0 saturated carbocycles. The minimum absolute atomic E-state index is 0.0348. The second kappa shape index (κ2) is 9.83. The lowest BCUT2D eigenvalue weighted by Gasteiger charge is -2.47. The number of esters is 1. The molecule has 0 spiro atoms. The van der Waals surface area contributed by atoms with Crippen LogP contribution >= 0.6 is 0 Å². The zero-order chi connectivity index (χ0) is 24.2. The van der Waals surface area contributed by atoms with Gasteiger partial charge in [-0.1, -0.05) is 18.2 Å². The Morgan fingerprint density at radius 1 is 1.24 bits per heavy atom. The second-order valence-electron chi connectivity index (χ2n) is 7.83. The summed E-state index contributed by atoms with van der Waals surface area (Å²) in [4.78, 5) is 62.4. The summed E-state index contributed by atoms with van der Waals surface area (Å²) in [6, 6.07) is 8.08. The van der Waals surface area contributed by atoms with Crippen LogP contribution in [0.5, 0.6) is 0 Å². The molecule has 1 fully saturated rings. The topological polar surface area (TPSA) is 160 Å². The molecular formula is C22H24N6O6. The van der Waals surface area contributed by atoms with Crippen LogP contribution < -0.4 is 10.9 Å². The largest absolute Gasteiger partial charge is 0.464 e. The molecule has 1 aromatic carbocycles. The highest BCUT2D eigenvalue weighted by Gasteiger charge is 2.47. The van der Waals surface area contributed by atoms with Crippen LogP contribution in [0.2, 0.25) is 0 Å². The predicted molar refractivity (Wildman–Crippen MR) is 120 cm³/mol. The highest BCUT2D eigenvalue weighted by atomic mass is 16.5. The monoisotopic (exact) mass is 468 g/mol. The van der Waals surface area contributed by atoms with Crippen molar-refractivity contribution in [1.82, 2.24) is 24.4 Å². The molecule has 1 saturated heterocycles. The third kappa shape index (κ3) is 4.53. The quantitative estimate of drug-likeness (QED) is 0.295. The van der Waals surface area contributed by atoms with Crippen LogP contribution in [0.25, 0.3) is 11.2 Å². The van der Waals surface area contributed by atoms with Crippen LogP contribution in [0.3, 0.4) is 0 Å². The van der Waals surface area contributed by atoms with Gasteiger partial charge in [-0.05, 0) is 18.6 Å². The van der Waals surface area contributed by atoms with Crippen molar-refractivity contribution in [3.63, 3.8) is 0 Å². The number of aromatic amines is 1. The molecule has 2 atom stereocenters. The van der Waals surface area contributed by atoms with Crippen molar-refractivity contribution in [3.8, 4) is 0 Å². The number of ether oxygens (including phenoxy) is 1. The molecule has 2 unspecified atom stereocenters. The van der Waals surface area contributed by atoms with E-state index in [-0.39, 0.29) is 61.8 Å². The van der Waals surface area contributed by atoms with E-state index >= 15 is 0 Å². The van der Waals surface area contributed by atoms with Crippen LogP contribution in [-0.2, 0) is 20.9 Å². The molecule has 0 radical (unpaired) electrons. The average molecular weight is 468 g/mol. The number of carbonyl (C=O) groups excluding carboxylic acids is 3. The number of aliphatic hydroxyl groups is 1. The summed E-state index contributed by atoms with van der Waals surface area (Å²) in [5, 5.41) is 12.1. The highest BCUT2D eigenvalue weighted by molar-refractivity contribution is 6.03. The van der Waals surface area contributed by atoms with Crippen LogP contribution in [-0.4, -0.2) is 73.1 Å². The smallest absolute Gasteiger partial charge is 0.302 e. The maximum absolute atomic E-state index is 13.2. The normalized spacial score (nSPS) is 17.5. The molecule has 3 N–H and O–H groups in total. The predicted octanol–water partition coefficient (Wildman–Crippen LogP) is 0.144. The zero-order valence-electron chi connectivity index (χ0n) is 18.4. The van der Waals surface area contributed by atoms with Gasteiger partial charge >= 0.3 is 5.97 Å². The number of hydrogen-bond donors (Lipinski definition) is 3. The number of β-lactam (4-membered cyclic amide) rings is 1. The van der Waals surface area contributed by atoms with Gasteiger partial charge in [-0.25, -0.2) is 4.98 Å². The van der Waals surface area contributed by atoms with Gasteiger partial charge in [0.25, 0.3) is 11.5 Å². The third-order valence-electron chi connectivity index (χ3n) is 5.71. The Labute approximate surface area is 193 Å². The molecule has 34 heavy (non-hydrogen) atoms. The van der Waals surface area contributed by atoms with E-state index in [2.05, 4.69) is 20.3 Å². The standard InChI is InChI=1S/C22H24N6O6/c1-13(30)34-10-8-27-16(7-9-29)15(20(27)32)11-28-21(33)17-18(24-12-23-17)25-22(28)26-19(31)14-5-3-2-4-6-14/h2-6,12,15-16,29H,7-11H2,1H3,(H,23,24)(H,25,26,31). The number of benzene rings is 1. The fourth-order valence-electron chi connectivity index (χ4n) is 4.07. The lowest BCUT2D eigenvalue weighted by atomic mass is 9.85. The lowest BCUT2D eigenvalue weighted by Crippen LogP contribution is -2.63. The van der Waals surface area contributed by atoms with Gasteiger partial charge in [-0.2, -0.15) is 4.98 Å². The number of fused-ring (bicyclic) bond motifs is 1. The lowest BCUT2D eigenvalue weighted by molar-refractivity contribution is -0.161. The number of aromatic nitrogens is 4. The maximum Gasteiger partial charge on any atom is 0.302 e. The van der Waals surface area contributed by atoms with Crippen molar-refractivity contribution >= 4 is 34.9 Å². The van der Waals surface area contributed by atoms with Crippen molar-refractivity contribution in [1.29, 1.82) is 0 Å². The number of H-pyrrole nitrogens is 1. The van der Waals surface area contributed by atoms with Crippen LogP contribution in [0.4, 0.5) is 5.95 Å². The summed E-state index contributed by atoms with van der Waals surface area (Å²) in [7, 11) is 0. The van der Waals surface area contributed by atoms with E-state index in [0.29, 0.717) is 5.56 Å². The second-order valence-corrected chi connectivity index (χ2v) is 7.83. The Bertz CT molecular complexity index is 1270. The van der Waals surface area contributed by atoms with Crippen LogP contribution in [0.15, 0.2) is 41.5 Å². The summed E-state index contributed by atoms with van der Waals surface area (Å²) in [5.74, 6) is -1.83. The number of nitrogens with zero attached hydrogens (tertiary/aromatic N) is 4. The van der Waals surface area contributed by atoms with Gasteiger partial charge in [0, 0.05) is 31.7 Å². The number of likely N-dealkylation sites (tertiary alicyclic amines) is 1.